The molecule has 3 heteroatoms. The van der Waals surface area contributed by atoms with Crippen LogP contribution in [-0.4, -0.2) is 49.8 Å². The van der Waals surface area contributed by atoms with Crippen LogP contribution in [0.5, 0.6) is 0 Å². The standard InChI is InChI=1S/C13H26N2O/c1-10-4-6-15(9-11(10)2)12(3)13-8-14-5-7-16-13/h10-14H,4-9H2,1-3H3. The molecular formula is C13H26N2O. The molecule has 16 heavy (non-hydrogen) atoms. The second-order valence-corrected chi connectivity index (χ2v) is 5.59. The van der Waals surface area contributed by atoms with Crippen LogP contribution in [-0.2, 0) is 4.74 Å². The Morgan fingerprint density at radius 1 is 1.31 bits per heavy atom. The van der Waals surface area contributed by atoms with E-state index in [2.05, 4.69) is 31.0 Å². The minimum Gasteiger partial charge on any atom is -0.374 e. The van der Waals surface area contributed by atoms with E-state index in [1.54, 1.807) is 0 Å². The zero-order valence-corrected chi connectivity index (χ0v) is 10.9. The van der Waals surface area contributed by atoms with Gasteiger partial charge in [-0.25, -0.2) is 0 Å². The molecule has 2 heterocycles. The van der Waals surface area contributed by atoms with Crippen LogP contribution in [0.4, 0.5) is 0 Å². The molecule has 0 aromatic rings. The first-order valence-electron chi connectivity index (χ1n) is 6.75. The molecule has 2 aliphatic rings. The number of hydrogen-bond donors (Lipinski definition) is 1. The van der Waals surface area contributed by atoms with Crippen LogP contribution in [0.3, 0.4) is 0 Å². The molecule has 4 atom stereocenters. The van der Waals surface area contributed by atoms with Crippen molar-refractivity contribution in [2.45, 2.75) is 39.3 Å². The second kappa shape index (κ2) is 5.48. The van der Waals surface area contributed by atoms with Crippen LogP contribution < -0.4 is 5.32 Å². The summed E-state index contributed by atoms with van der Waals surface area (Å²) < 4.78 is 5.85. The lowest BCUT2D eigenvalue weighted by molar-refractivity contribution is -0.0395. The summed E-state index contributed by atoms with van der Waals surface area (Å²) in [6, 6.07) is 0.558. The van der Waals surface area contributed by atoms with Crippen molar-refractivity contribution in [3.63, 3.8) is 0 Å². The third-order valence-electron chi connectivity index (χ3n) is 4.44. The molecular weight excluding hydrogens is 200 g/mol. The number of ether oxygens (including phenoxy) is 1. The Kier molecular flexibility index (Phi) is 4.22. The Morgan fingerprint density at radius 2 is 2.12 bits per heavy atom. The van der Waals surface area contributed by atoms with Gasteiger partial charge in [0, 0.05) is 25.7 Å². The fraction of sp³-hybridized carbons (Fsp3) is 1.00. The SMILES string of the molecule is CC1CCN(C(C)C2CNCCO2)CC1C. The lowest BCUT2D eigenvalue weighted by Gasteiger charge is -2.42. The molecule has 0 aliphatic carbocycles. The number of nitrogens with zero attached hydrogens (tertiary/aromatic N) is 1. The zero-order chi connectivity index (χ0) is 11.5. The fourth-order valence-electron chi connectivity index (χ4n) is 2.80. The van der Waals surface area contributed by atoms with E-state index in [4.69, 9.17) is 4.74 Å². The van der Waals surface area contributed by atoms with Crippen molar-refractivity contribution in [3.05, 3.63) is 0 Å². The lowest BCUT2D eigenvalue weighted by atomic mass is 9.87. The molecule has 2 saturated heterocycles. The van der Waals surface area contributed by atoms with Gasteiger partial charge in [-0.1, -0.05) is 13.8 Å². The average Bonchev–Trinajstić information content (AvgIpc) is 2.33. The summed E-state index contributed by atoms with van der Waals surface area (Å²) in [6.07, 6.45) is 1.72. The molecule has 2 rings (SSSR count). The van der Waals surface area contributed by atoms with Gasteiger partial charge in [-0.05, 0) is 31.7 Å². The number of nitrogens with one attached hydrogen (secondary N) is 1. The largest absolute Gasteiger partial charge is 0.374 e. The van der Waals surface area contributed by atoms with Crippen LogP contribution >= 0.6 is 0 Å². The van der Waals surface area contributed by atoms with Crippen LogP contribution in [0.2, 0.25) is 0 Å². The summed E-state index contributed by atoms with van der Waals surface area (Å²) in [5.41, 5.74) is 0. The van der Waals surface area contributed by atoms with E-state index in [-0.39, 0.29) is 0 Å². The minimum absolute atomic E-state index is 0.384. The summed E-state index contributed by atoms with van der Waals surface area (Å²) in [6.45, 7) is 12.5. The Morgan fingerprint density at radius 3 is 2.75 bits per heavy atom. The van der Waals surface area contributed by atoms with Crippen molar-refractivity contribution in [1.29, 1.82) is 0 Å². The normalized spacial score (nSPS) is 39.6. The van der Waals surface area contributed by atoms with Crippen LogP contribution in [0.25, 0.3) is 0 Å². The maximum absolute atomic E-state index is 5.85. The van der Waals surface area contributed by atoms with Gasteiger partial charge in [0.15, 0.2) is 0 Å². The summed E-state index contributed by atoms with van der Waals surface area (Å²) in [4.78, 5) is 2.61. The van der Waals surface area contributed by atoms with E-state index in [1.807, 2.05) is 0 Å². The lowest BCUT2D eigenvalue weighted by Crippen LogP contribution is -2.54. The highest BCUT2D eigenvalue weighted by Gasteiger charge is 2.30. The van der Waals surface area contributed by atoms with Gasteiger partial charge < -0.3 is 10.1 Å². The smallest absolute Gasteiger partial charge is 0.0852 e. The number of morpholine rings is 1. The van der Waals surface area contributed by atoms with Crippen molar-refractivity contribution >= 4 is 0 Å². The highest BCUT2D eigenvalue weighted by molar-refractivity contribution is 4.85. The van der Waals surface area contributed by atoms with E-state index in [0.29, 0.717) is 12.1 Å². The molecule has 0 amide bonds. The maximum atomic E-state index is 5.85. The van der Waals surface area contributed by atoms with Crippen LogP contribution in [0.1, 0.15) is 27.2 Å². The summed E-state index contributed by atoms with van der Waals surface area (Å²) >= 11 is 0. The molecule has 0 aromatic heterocycles. The molecule has 94 valence electrons. The Bertz CT molecular complexity index is 216. The molecule has 3 nitrogen and oxygen atoms in total. The quantitative estimate of drug-likeness (QED) is 0.769. The molecule has 1 N–H and O–H groups in total. The van der Waals surface area contributed by atoms with Crippen molar-refractivity contribution < 1.29 is 4.74 Å². The molecule has 0 spiro atoms. The Labute approximate surface area is 99.5 Å². The number of piperidine rings is 1. The van der Waals surface area contributed by atoms with E-state index >= 15 is 0 Å². The number of likely N-dealkylation sites (tertiary alicyclic amines) is 1. The fourth-order valence-corrected chi connectivity index (χ4v) is 2.80. The van der Waals surface area contributed by atoms with E-state index < -0.39 is 0 Å². The highest BCUT2D eigenvalue weighted by atomic mass is 16.5. The predicted molar refractivity (Wildman–Crippen MR) is 66.6 cm³/mol. The van der Waals surface area contributed by atoms with Gasteiger partial charge in [-0.3, -0.25) is 4.90 Å². The van der Waals surface area contributed by atoms with Crippen molar-refractivity contribution in [2.75, 3.05) is 32.8 Å². The Balaban J connectivity index is 1.86. The van der Waals surface area contributed by atoms with Crippen molar-refractivity contribution in [1.82, 2.24) is 10.2 Å². The monoisotopic (exact) mass is 226 g/mol. The van der Waals surface area contributed by atoms with Crippen molar-refractivity contribution in [3.8, 4) is 0 Å². The first-order valence-corrected chi connectivity index (χ1v) is 6.75. The van der Waals surface area contributed by atoms with Gasteiger partial charge in [0.1, 0.15) is 0 Å². The molecule has 4 unspecified atom stereocenters. The molecule has 0 radical (unpaired) electrons. The number of hydrogen-bond acceptors (Lipinski definition) is 3. The van der Waals surface area contributed by atoms with Gasteiger partial charge in [0.2, 0.25) is 0 Å². The third kappa shape index (κ3) is 2.76. The van der Waals surface area contributed by atoms with Gasteiger partial charge >= 0.3 is 0 Å². The highest BCUT2D eigenvalue weighted by Crippen LogP contribution is 2.25. The first kappa shape index (κ1) is 12.3. The van der Waals surface area contributed by atoms with Gasteiger partial charge in [-0.15, -0.1) is 0 Å². The van der Waals surface area contributed by atoms with E-state index in [0.717, 1.165) is 31.5 Å². The average molecular weight is 226 g/mol. The summed E-state index contributed by atoms with van der Waals surface area (Å²) in [5, 5.41) is 3.42. The Hall–Kier alpha value is -0.120. The van der Waals surface area contributed by atoms with Gasteiger partial charge in [0.05, 0.1) is 12.7 Å². The molecule has 2 aliphatic heterocycles. The first-order chi connectivity index (χ1) is 7.68. The molecule has 2 fully saturated rings. The van der Waals surface area contributed by atoms with E-state index in [1.165, 1.54) is 19.5 Å². The van der Waals surface area contributed by atoms with E-state index in [9.17, 15) is 0 Å². The molecule has 0 bridgehead atoms. The van der Waals surface area contributed by atoms with Gasteiger partial charge in [-0.2, -0.15) is 0 Å². The summed E-state index contributed by atoms with van der Waals surface area (Å²) in [7, 11) is 0. The molecule has 0 aromatic carbocycles. The minimum atomic E-state index is 0.384. The second-order valence-electron chi connectivity index (χ2n) is 5.59. The predicted octanol–water partition coefficient (Wildman–Crippen LogP) is 1.34. The number of rotatable bonds is 2. The third-order valence-corrected chi connectivity index (χ3v) is 4.44. The molecule has 0 saturated carbocycles. The topological polar surface area (TPSA) is 24.5 Å². The van der Waals surface area contributed by atoms with Crippen LogP contribution in [0, 0.1) is 11.8 Å². The van der Waals surface area contributed by atoms with Crippen molar-refractivity contribution in [2.24, 2.45) is 11.8 Å². The van der Waals surface area contributed by atoms with Gasteiger partial charge in [0.25, 0.3) is 0 Å². The maximum Gasteiger partial charge on any atom is 0.0852 e. The van der Waals surface area contributed by atoms with Crippen LogP contribution in [0.15, 0.2) is 0 Å². The zero-order valence-electron chi connectivity index (χ0n) is 10.9. The summed E-state index contributed by atoms with van der Waals surface area (Å²) in [5.74, 6) is 1.71.